The van der Waals surface area contributed by atoms with Crippen LogP contribution in [0.1, 0.15) is 0 Å². The van der Waals surface area contributed by atoms with Gasteiger partial charge < -0.3 is 5.73 Å². The summed E-state index contributed by atoms with van der Waals surface area (Å²) in [5.41, 5.74) is 6.04. The number of rotatable bonds is 3. The first-order valence-corrected chi connectivity index (χ1v) is 8.17. The van der Waals surface area contributed by atoms with E-state index in [1.807, 2.05) is 0 Å². The third kappa shape index (κ3) is 2.79. The van der Waals surface area contributed by atoms with Crippen LogP contribution in [0.4, 0.5) is 10.8 Å². The Kier molecular flexibility index (Phi) is 3.84. The third-order valence-corrected chi connectivity index (χ3v) is 5.67. The molecular formula is C7H5Br2N5O2S2. The lowest BCUT2D eigenvalue weighted by Gasteiger charge is -2.09. The highest BCUT2D eigenvalue weighted by Crippen LogP contribution is 2.33. The van der Waals surface area contributed by atoms with Gasteiger partial charge in [0.25, 0.3) is 10.0 Å². The highest BCUT2D eigenvalue weighted by molar-refractivity contribution is 9.11. The molecule has 1 aromatic carbocycles. The predicted octanol–water partition coefficient (Wildman–Crippen LogP) is 1.84. The molecule has 2 aromatic rings. The van der Waals surface area contributed by atoms with E-state index in [1.165, 1.54) is 12.1 Å². The topological polar surface area (TPSA) is 111 Å². The van der Waals surface area contributed by atoms with E-state index in [-0.39, 0.29) is 10.0 Å². The Labute approximate surface area is 123 Å². The van der Waals surface area contributed by atoms with Crippen LogP contribution in [-0.4, -0.2) is 23.2 Å². The van der Waals surface area contributed by atoms with Crippen molar-refractivity contribution in [2.45, 2.75) is 4.90 Å². The number of nitrogens with two attached hydrogens (primary N) is 1. The lowest BCUT2D eigenvalue weighted by atomic mass is 10.3. The van der Waals surface area contributed by atoms with Crippen LogP contribution in [0.3, 0.4) is 0 Å². The Hall–Kier alpha value is -0.780. The van der Waals surface area contributed by atoms with Crippen molar-refractivity contribution >= 4 is 64.2 Å². The number of sulfonamides is 1. The number of nitrogens with one attached hydrogen (secondary N) is 1. The standard InChI is InChI=1S/C7H5Br2N5O2S2/c8-4-1-3(10)2-5(9)6(4)18(15,16)12-7-11-13-14-17-7/h1-2H,10H2,(H,11,12,14). The molecule has 0 saturated carbocycles. The van der Waals surface area contributed by atoms with E-state index in [1.54, 1.807) is 0 Å². The minimum Gasteiger partial charge on any atom is -0.399 e. The van der Waals surface area contributed by atoms with Crippen molar-refractivity contribution in [3.05, 3.63) is 21.1 Å². The fourth-order valence-electron chi connectivity index (χ4n) is 1.18. The predicted molar refractivity (Wildman–Crippen MR) is 74.8 cm³/mol. The largest absolute Gasteiger partial charge is 0.399 e. The number of nitrogen functional groups attached to an aromatic ring is 1. The highest BCUT2D eigenvalue weighted by Gasteiger charge is 2.23. The summed E-state index contributed by atoms with van der Waals surface area (Å²) in [5, 5.41) is 6.91. The monoisotopic (exact) mass is 413 g/mol. The summed E-state index contributed by atoms with van der Waals surface area (Å²) in [6, 6.07) is 3.00. The van der Waals surface area contributed by atoms with Gasteiger partial charge in [0.1, 0.15) is 4.90 Å². The van der Waals surface area contributed by atoms with Gasteiger partial charge in [0.05, 0.1) is 0 Å². The van der Waals surface area contributed by atoms with Crippen molar-refractivity contribution in [2.75, 3.05) is 10.5 Å². The Balaban J connectivity index is 2.48. The van der Waals surface area contributed by atoms with E-state index in [0.29, 0.717) is 14.6 Å². The molecule has 0 saturated heterocycles. The fraction of sp³-hybridized carbons (Fsp3) is 0. The van der Waals surface area contributed by atoms with Gasteiger partial charge >= 0.3 is 0 Å². The van der Waals surface area contributed by atoms with Gasteiger partial charge in [-0.1, -0.05) is 9.59 Å². The van der Waals surface area contributed by atoms with Gasteiger partial charge in [0, 0.05) is 26.2 Å². The number of hydrogen-bond donors (Lipinski definition) is 2. The van der Waals surface area contributed by atoms with Gasteiger partial charge in [0.15, 0.2) is 0 Å². The third-order valence-electron chi connectivity index (χ3n) is 1.81. The number of nitrogens with zero attached hydrogens (tertiary/aromatic N) is 3. The first kappa shape index (κ1) is 13.6. The molecule has 0 aliphatic carbocycles. The first-order valence-electron chi connectivity index (χ1n) is 4.32. The molecule has 2 rings (SSSR count). The minimum atomic E-state index is -3.79. The van der Waals surface area contributed by atoms with Crippen molar-refractivity contribution in [1.29, 1.82) is 0 Å². The molecule has 7 nitrogen and oxygen atoms in total. The quantitative estimate of drug-likeness (QED) is 0.741. The molecule has 96 valence electrons. The van der Waals surface area contributed by atoms with E-state index in [2.05, 4.69) is 51.4 Å². The molecule has 0 atom stereocenters. The van der Waals surface area contributed by atoms with Gasteiger partial charge in [-0.3, -0.25) is 4.72 Å². The molecule has 0 aliphatic rings. The Morgan fingerprint density at radius 1 is 1.28 bits per heavy atom. The molecule has 1 heterocycles. The molecule has 11 heteroatoms. The number of halogens is 2. The van der Waals surface area contributed by atoms with Crippen molar-refractivity contribution in [3.8, 4) is 0 Å². The molecule has 3 N–H and O–H groups in total. The molecule has 0 bridgehead atoms. The Bertz CT molecular complexity index is 650. The number of anilines is 2. The van der Waals surface area contributed by atoms with E-state index in [9.17, 15) is 8.42 Å². The molecule has 0 fully saturated rings. The van der Waals surface area contributed by atoms with Gasteiger partial charge in [0.2, 0.25) is 5.13 Å². The van der Waals surface area contributed by atoms with Crippen LogP contribution in [0, 0.1) is 0 Å². The summed E-state index contributed by atoms with van der Waals surface area (Å²) in [4.78, 5) is 0.0342. The average molecular weight is 415 g/mol. The zero-order chi connectivity index (χ0) is 13.3. The number of benzene rings is 1. The van der Waals surface area contributed by atoms with Gasteiger partial charge in [-0.05, 0) is 49.2 Å². The van der Waals surface area contributed by atoms with Crippen molar-refractivity contribution in [3.63, 3.8) is 0 Å². The van der Waals surface area contributed by atoms with Crippen LogP contribution in [0.15, 0.2) is 26.0 Å². The van der Waals surface area contributed by atoms with E-state index in [0.717, 1.165) is 11.5 Å². The van der Waals surface area contributed by atoms with Gasteiger partial charge in [-0.25, -0.2) is 8.42 Å². The fourth-order valence-corrected chi connectivity index (χ4v) is 5.38. The van der Waals surface area contributed by atoms with Crippen LogP contribution >= 0.6 is 43.4 Å². The molecular weight excluding hydrogens is 410 g/mol. The second-order valence-electron chi connectivity index (χ2n) is 3.09. The molecule has 0 amide bonds. The molecule has 18 heavy (non-hydrogen) atoms. The lowest BCUT2D eigenvalue weighted by Crippen LogP contribution is -2.14. The van der Waals surface area contributed by atoms with Gasteiger partial charge in [-0.2, -0.15) is 0 Å². The summed E-state index contributed by atoms with van der Waals surface area (Å²) in [5.74, 6) is 0. The smallest absolute Gasteiger partial charge is 0.266 e. The van der Waals surface area contributed by atoms with Crippen LogP contribution in [-0.2, 0) is 10.0 Å². The van der Waals surface area contributed by atoms with Crippen LogP contribution < -0.4 is 10.5 Å². The molecule has 0 radical (unpaired) electrons. The molecule has 0 unspecified atom stereocenters. The average Bonchev–Trinajstić information content (AvgIpc) is 2.66. The number of hydrogen-bond acceptors (Lipinski definition) is 7. The maximum absolute atomic E-state index is 12.2. The number of aromatic nitrogens is 3. The van der Waals surface area contributed by atoms with Crippen molar-refractivity contribution < 1.29 is 8.42 Å². The summed E-state index contributed by atoms with van der Waals surface area (Å²) >= 11 is 7.16. The zero-order valence-corrected chi connectivity index (χ0v) is 13.3. The maximum atomic E-state index is 12.2. The molecule has 0 spiro atoms. The van der Waals surface area contributed by atoms with E-state index in [4.69, 9.17) is 5.73 Å². The normalized spacial score (nSPS) is 11.4. The van der Waals surface area contributed by atoms with Crippen LogP contribution in [0.2, 0.25) is 0 Å². The molecule has 1 aromatic heterocycles. The van der Waals surface area contributed by atoms with Crippen molar-refractivity contribution in [1.82, 2.24) is 14.8 Å². The summed E-state index contributed by atoms with van der Waals surface area (Å²) in [7, 11) is -3.79. The van der Waals surface area contributed by atoms with Crippen molar-refractivity contribution in [2.24, 2.45) is 0 Å². The Morgan fingerprint density at radius 2 is 1.89 bits per heavy atom. The second kappa shape index (κ2) is 5.07. The maximum Gasteiger partial charge on any atom is 0.266 e. The second-order valence-corrected chi connectivity index (χ2v) is 7.15. The SMILES string of the molecule is Nc1cc(Br)c(S(=O)(=O)Nc2nnns2)c(Br)c1. The lowest BCUT2D eigenvalue weighted by molar-refractivity contribution is 0.600. The highest BCUT2D eigenvalue weighted by atomic mass is 79.9. The Morgan fingerprint density at radius 3 is 2.39 bits per heavy atom. The van der Waals surface area contributed by atoms with E-state index < -0.39 is 10.0 Å². The zero-order valence-electron chi connectivity index (χ0n) is 8.46. The van der Waals surface area contributed by atoms with Gasteiger partial charge in [-0.15, -0.1) is 0 Å². The van der Waals surface area contributed by atoms with Crippen LogP contribution in [0.25, 0.3) is 0 Å². The molecule has 0 aliphatic heterocycles. The minimum absolute atomic E-state index is 0.0342. The first-order chi connectivity index (χ1) is 8.40. The summed E-state index contributed by atoms with van der Waals surface area (Å²) in [6.45, 7) is 0. The van der Waals surface area contributed by atoms with E-state index >= 15 is 0 Å². The summed E-state index contributed by atoms with van der Waals surface area (Å²) in [6.07, 6.45) is 0. The van der Waals surface area contributed by atoms with Crippen LogP contribution in [0.5, 0.6) is 0 Å². The summed E-state index contributed by atoms with van der Waals surface area (Å²) < 4.78 is 30.7.